The lowest BCUT2D eigenvalue weighted by molar-refractivity contribution is -0.136. The Labute approximate surface area is 147 Å². The van der Waals surface area contributed by atoms with Crippen molar-refractivity contribution in [1.29, 1.82) is 0 Å². The second-order valence-electron chi connectivity index (χ2n) is 6.04. The van der Waals surface area contributed by atoms with Gasteiger partial charge in [0, 0.05) is 17.5 Å². The number of esters is 1. The van der Waals surface area contributed by atoms with Crippen LogP contribution in [-0.2, 0) is 22.6 Å². The number of fused-ring (bicyclic) bond motifs is 1. The second kappa shape index (κ2) is 7.63. The number of carbonyl (C=O) groups excluding carboxylic acids is 1. The first kappa shape index (κ1) is 19.6. The molecule has 0 aliphatic carbocycles. The molecular weight excluding hydrogens is 351 g/mol. The highest BCUT2D eigenvalue weighted by Gasteiger charge is 2.32. The van der Waals surface area contributed by atoms with Crippen LogP contribution in [0.15, 0.2) is 17.7 Å². The summed E-state index contributed by atoms with van der Waals surface area (Å²) in [4.78, 5) is 22.5. The van der Waals surface area contributed by atoms with Crippen LogP contribution in [0.2, 0.25) is 0 Å². The molecule has 26 heavy (non-hydrogen) atoms. The van der Waals surface area contributed by atoms with Crippen LogP contribution in [0.5, 0.6) is 0 Å². The monoisotopic (exact) mass is 369 g/mol. The van der Waals surface area contributed by atoms with Crippen LogP contribution in [0.25, 0.3) is 5.83 Å². The minimum Gasteiger partial charge on any atom is -0.481 e. The summed E-state index contributed by atoms with van der Waals surface area (Å²) in [6.45, 7) is 2.96. The van der Waals surface area contributed by atoms with Gasteiger partial charge in [0.2, 0.25) is 0 Å². The summed E-state index contributed by atoms with van der Waals surface area (Å²) in [7, 11) is 0. The van der Waals surface area contributed by atoms with Crippen molar-refractivity contribution in [2.45, 2.75) is 39.7 Å². The molecule has 5 nitrogen and oxygen atoms in total. The molecule has 1 aliphatic rings. The molecule has 1 aliphatic heterocycles. The van der Waals surface area contributed by atoms with Crippen molar-refractivity contribution in [3.8, 4) is 0 Å². The summed E-state index contributed by atoms with van der Waals surface area (Å²) in [6, 6.07) is 0. The maximum absolute atomic E-state index is 14.2. The highest BCUT2D eigenvalue weighted by molar-refractivity contribution is 6.01. The Kier molecular flexibility index (Phi) is 5.74. The fourth-order valence-electron chi connectivity index (χ4n) is 2.92. The number of hydrogen-bond acceptors (Lipinski definition) is 4. The van der Waals surface area contributed by atoms with Gasteiger partial charge in [-0.1, -0.05) is 11.6 Å². The van der Waals surface area contributed by atoms with Crippen LogP contribution in [0, 0.1) is 6.92 Å². The van der Waals surface area contributed by atoms with Gasteiger partial charge in [0.05, 0.1) is 11.3 Å². The number of carboxylic acid groups (broad SMARTS) is 1. The molecule has 0 saturated carbocycles. The van der Waals surface area contributed by atoms with E-state index in [-0.39, 0.29) is 53.8 Å². The first-order valence-corrected chi connectivity index (χ1v) is 7.84. The van der Waals surface area contributed by atoms with Gasteiger partial charge in [0.25, 0.3) is 0 Å². The SMILES string of the molecule is C/C(=C\Cc1c(N)c2c(c(C)c1C(F)=C(F)F)COC2=O)CCC(=O)O. The van der Waals surface area contributed by atoms with E-state index in [2.05, 4.69) is 0 Å². The molecule has 140 valence electrons. The van der Waals surface area contributed by atoms with Crippen molar-refractivity contribution in [2.75, 3.05) is 5.73 Å². The topological polar surface area (TPSA) is 89.6 Å². The number of nitrogens with two attached hydrogens (primary N) is 1. The number of carboxylic acids is 1. The average molecular weight is 369 g/mol. The summed E-state index contributed by atoms with van der Waals surface area (Å²) in [6.07, 6.45) is -0.743. The lowest BCUT2D eigenvalue weighted by atomic mass is 9.89. The van der Waals surface area contributed by atoms with Crippen molar-refractivity contribution >= 4 is 23.5 Å². The van der Waals surface area contributed by atoms with E-state index in [1.165, 1.54) is 6.92 Å². The predicted molar refractivity (Wildman–Crippen MR) is 89.3 cm³/mol. The molecule has 0 atom stereocenters. The Balaban J connectivity index is 2.57. The lowest BCUT2D eigenvalue weighted by Crippen LogP contribution is -2.09. The number of benzene rings is 1. The molecule has 8 heteroatoms. The number of cyclic esters (lactones) is 1. The minimum absolute atomic E-state index is 0.0191. The van der Waals surface area contributed by atoms with Crippen molar-refractivity contribution in [1.82, 2.24) is 0 Å². The quantitative estimate of drug-likeness (QED) is 0.447. The normalized spacial score (nSPS) is 13.4. The molecule has 0 unspecified atom stereocenters. The number of ether oxygens (including phenoxy) is 1. The third-order valence-corrected chi connectivity index (χ3v) is 4.35. The predicted octanol–water partition coefficient (Wildman–Crippen LogP) is 4.14. The van der Waals surface area contributed by atoms with E-state index >= 15 is 0 Å². The third-order valence-electron chi connectivity index (χ3n) is 4.35. The first-order valence-electron chi connectivity index (χ1n) is 7.84. The van der Waals surface area contributed by atoms with Crippen LogP contribution in [0.4, 0.5) is 18.9 Å². The van der Waals surface area contributed by atoms with Crippen molar-refractivity contribution in [3.05, 3.63) is 45.5 Å². The molecule has 0 fully saturated rings. The highest BCUT2D eigenvalue weighted by Crippen LogP contribution is 2.40. The Bertz CT molecular complexity index is 840. The third kappa shape index (κ3) is 3.74. The molecule has 0 saturated heterocycles. The number of carbonyl (C=O) groups is 2. The summed E-state index contributed by atoms with van der Waals surface area (Å²) < 4.78 is 44.9. The Morgan fingerprint density at radius 2 is 1.96 bits per heavy atom. The van der Waals surface area contributed by atoms with E-state index in [4.69, 9.17) is 15.6 Å². The highest BCUT2D eigenvalue weighted by atomic mass is 19.3. The molecule has 0 amide bonds. The van der Waals surface area contributed by atoms with E-state index in [0.717, 1.165) is 0 Å². The fourth-order valence-corrected chi connectivity index (χ4v) is 2.92. The molecule has 0 radical (unpaired) electrons. The molecule has 3 N–H and O–H groups in total. The first-order chi connectivity index (χ1) is 12.1. The molecule has 1 aromatic carbocycles. The van der Waals surface area contributed by atoms with Gasteiger partial charge in [-0.05, 0) is 37.8 Å². The van der Waals surface area contributed by atoms with Gasteiger partial charge in [0.15, 0.2) is 5.83 Å². The Morgan fingerprint density at radius 1 is 1.31 bits per heavy atom. The summed E-state index contributed by atoms with van der Waals surface area (Å²) >= 11 is 0. The van der Waals surface area contributed by atoms with Crippen LogP contribution in [0.3, 0.4) is 0 Å². The molecule has 1 heterocycles. The van der Waals surface area contributed by atoms with Crippen LogP contribution in [-0.4, -0.2) is 17.0 Å². The largest absolute Gasteiger partial charge is 0.481 e. The van der Waals surface area contributed by atoms with Crippen molar-refractivity contribution < 1.29 is 32.6 Å². The van der Waals surface area contributed by atoms with Crippen molar-refractivity contribution in [3.63, 3.8) is 0 Å². The lowest BCUT2D eigenvalue weighted by Gasteiger charge is -2.16. The molecule has 2 rings (SSSR count). The number of allylic oxidation sites excluding steroid dienone is 2. The number of hydrogen-bond donors (Lipinski definition) is 2. The Hall–Kier alpha value is -2.77. The smallest absolute Gasteiger partial charge is 0.341 e. The maximum Gasteiger partial charge on any atom is 0.341 e. The van der Waals surface area contributed by atoms with Gasteiger partial charge in [-0.15, -0.1) is 0 Å². The molecule has 0 aromatic heterocycles. The summed E-state index contributed by atoms with van der Waals surface area (Å²) in [5.74, 6) is -3.34. The van der Waals surface area contributed by atoms with Crippen LogP contribution in [0.1, 0.15) is 52.4 Å². The average Bonchev–Trinajstić information content (AvgIpc) is 2.96. The molecule has 0 spiro atoms. The zero-order valence-electron chi connectivity index (χ0n) is 14.3. The number of aliphatic carboxylic acids is 1. The number of nitrogen functional groups attached to an aromatic ring is 1. The Morgan fingerprint density at radius 3 is 2.54 bits per heavy atom. The number of halogens is 3. The van der Waals surface area contributed by atoms with E-state index < -0.39 is 23.8 Å². The van der Waals surface area contributed by atoms with Gasteiger partial charge >= 0.3 is 18.0 Å². The van der Waals surface area contributed by atoms with E-state index in [0.29, 0.717) is 11.1 Å². The molecule has 1 aromatic rings. The number of anilines is 1. The van der Waals surface area contributed by atoms with Gasteiger partial charge in [-0.25, -0.2) is 9.18 Å². The fraction of sp³-hybridized carbons (Fsp3) is 0.333. The number of rotatable bonds is 6. The van der Waals surface area contributed by atoms with Crippen LogP contribution >= 0.6 is 0 Å². The maximum atomic E-state index is 14.2. The van der Waals surface area contributed by atoms with E-state index in [1.807, 2.05) is 0 Å². The minimum atomic E-state index is -2.48. The van der Waals surface area contributed by atoms with Crippen LogP contribution < -0.4 is 5.73 Å². The van der Waals surface area contributed by atoms with E-state index in [9.17, 15) is 22.8 Å². The standard InChI is InChI=1S/C18H18F3NO4/c1-8(4-6-12(23)24)3-5-10-13(15(19)17(20)21)9(2)11-7-26-18(25)14(11)16(10)22/h3H,4-7,22H2,1-2H3,(H,23,24)/b8-3+. The van der Waals surface area contributed by atoms with Gasteiger partial charge in [-0.2, -0.15) is 8.78 Å². The zero-order valence-corrected chi connectivity index (χ0v) is 14.3. The second-order valence-corrected chi connectivity index (χ2v) is 6.04. The van der Waals surface area contributed by atoms with Crippen molar-refractivity contribution in [2.24, 2.45) is 0 Å². The van der Waals surface area contributed by atoms with E-state index in [1.54, 1.807) is 13.0 Å². The van der Waals surface area contributed by atoms with Gasteiger partial charge in [0.1, 0.15) is 6.61 Å². The van der Waals surface area contributed by atoms with Gasteiger partial charge < -0.3 is 15.6 Å². The summed E-state index contributed by atoms with van der Waals surface area (Å²) in [5.41, 5.74) is 6.83. The molecular formula is C18H18F3NO4. The zero-order chi connectivity index (χ0) is 19.6. The summed E-state index contributed by atoms with van der Waals surface area (Å²) in [5, 5.41) is 8.70. The van der Waals surface area contributed by atoms with Gasteiger partial charge in [-0.3, -0.25) is 4.79 Å². The molecule has 0 bridgehead atoms.